The number of H-pyrrole nitrogens is 1. The Bertz CT molecular complexity index is 552. The zero-order valence-electron chi connectivity index (χ0n) is 11.3. The molecule has 5 nitrogen and oxygen atoms in total. The first kappa shape index (κ1) is 13.1. The summed E-state index contributed by atoms with van der Waals surface area (Å²) in [4.78, 5) is 7.06. The van der Waals surface area contributed by atoms with E-state index < -0.39 is 10.0 Å². The van der Waals surface area contributed by atoms with Crippen molar-refractivity contribution in [3.63, 3.8) is 0 Å². The summed E-state index contributed by atoms with van der Waals surface area (Å²) in [5.41, 5.74) is 0. The average molecular weight is 283 g/mol. The number of nitrogens with one attached hydrogen (secondary N) is 1. The number of aryl methyl sites for hydroxylation is 1. The number of aromatic amines is 1. The summed E-state index contributed by atoms with van der Waals surface area (Å²) in [5.74, 6) is 1.30. The number of hydrogen-bond donors (Lipinski definition) is 1. The largest absolute Gasteiger partial charge is 0.332 e. The standard InChI is InChI=1S/C13H21N3O2S/c1-2-12-14-9-13(15-12)19(17,18)16-8-4-6-10-5-3-7-11(10)16/h9-11H,2-8H2,1H3,(H,14,15). The molecular weight excluding hydrogens is 262 g/mol. The SMILES string of the molecule is CCc1ncc(S(=O)(=O)N2CCCC3CCCC32)[nH]1. The van der Waals surface area contributed by atoms with Crippen molar-refractivity contribution in [2.24, 2.45) is 5.92 Å². The highest BCUT2D eigenvalue weighted by Crippen LogP contribution is 2.39. The van der Waals surface area contributed by atoms with E-state index in [1.807, 2.05) is 6.92 Å². The second kappa shape index (κ2) is 4.90. The molecule has 1 aromatic rings. The van der Waals surface area contributed by atoms with Crippen molar-refractivity contribution < 1.29 is 8.42 Å². The van der Waals surface area contributed by atoms with E-state index in [4.69, 9.17) is 0 Å². The van der Waals surface area contributed by atoms with E-state index in [-0.39, 0.29) is 11.1 Å². The fourth-order valence-electron chi connectivity index (χ4n) is 3.49. The Morgan fingerprint density at radius 3 is 2.89 bits per heavy atom. The molecule has 2 unspecified atom stereocenters. The van der Waals surface area contributed by atoms with Crippen molar-refractivity contribution in [2.75, 3.05) is 6.54 Å². The zero-order valence-corrected chi connectivity index (χ0v) is 12.1. The number of fused-ring (bicyclic) bond motifs is 1. The minimum Gasteiger partial charge on any atom is -0.332 e. The van der Waals surface area contributed by atoms with Crippen molar-refractivity contribution in [1.29, 1.82) is 0 Å². The van der Waals surface area contributed by atoms with Crippen LogP contribution in [0, 0.1) is 5.92 Å². The number of aromatic nitrogens is 2. The second-order valence-electron chi connectivity index (χ2n) is 5.56. The molecule has 3 rings (SSSR count). The van der Waals surface area contributed by atoms with Gasteiger partial charge >= 0.3 is 0 Å². The van der Waals surface area contributed by atoms with Gasteiger partial charge in [0.25, 0.3) is 10.0 Å². The van der Waals surface area contributed by atoms with Crippen LogP contribution in [0.3, 0.4) is 0 Å². The lowest BCUT2D eigenvalue weighted by Gasteiger charge is -2.36. The lowest BCUT2D eigenvalue weighted by molar-refractivity contribution is 0.201. The molecule has 0 amide bonds. The molecular formula is C13H21N3O2S. The number of sulfonamides is 1. The van der Waals surface area contributed by atoms with E-state index >= 15 is 0 Å². The molecule has 0 aromatic carbocycles. The Labute approximate surface area is 114 Å². The molecule has 0 bridgehead atoms. The van der Waals surface area contributed by atoms with E-state index in [0.29, 0.717) is 12.5 Å². The number of imidazole rings is 1. The predicted octanol–water partition coefficient (Wildman–Crippen LogP) is 1.93. The summed E-state index contributed by atoms with van der Waals surface area (Å²) in [7, 11) is -3.39. The predicted molar refractivity (Wildman–Crippen MR) is 72.2 cm³/mol. The molecule has 2 heterocycles. The Morgan fingerprint density at radius 2 is 2.16 bits per heavy atom. The number of nitrogens with zero attached hydrogens (tertiary/aromatic N) is 2. The molecule has 1 N–H and O–H groups in total. The van der Waals surface area contributed by atoms with Crippen LogP contribution in [0.25, 0.3) is 0 Å². The third kappa shape index (κ3) is 2.21. The van der Waals surface area contributed by atoms with Crippen molar-refractivity contribution in [1.82, 2.24) is 14.3 Å². The minimum absolute atomic E-state index is 0.215. The van der Waals surface area contributed by atoms with Gasteiger partial charge in [0.1, 0.15) is 5.82 Å². The van der Waals surface area contributed by atoms with Crippen LogP contribution < -0.4 is 0 Å². The van der Waals surface area contributed by atoms with Gasteiger partial charge in [-0.2, -0.15) is 4.31 Å². The van der Waals surface area contributed by atoms with Gasteiger partial charge in [0.15, 0.2) is 5.03 Å². The van der Waals surface area contributed by atoms with Crippen LogP contribution in [-0.2, 0) is 16.4 Å². The van der Waals surface area contributed by atoms with Gasteiger partial charge in [0.05, 0.1) is 6.20 Å². The van der Waals surface area contributed by atoms with E-state index in [0.717, 1.165) is 31.5 Å². The molecule has 2 fully saturated rings. The van der Waals surface area contributed by atoms with Crippen LogP contribution in [0.5, 0.6) is 0 Å². The molecule has 1 aromatic heterocycles. The molecule has 1 saturated carbocycles. The van der Waals surface area contributed by atoms with Crippen molar-refractivity contribution in [2.45, 2.75) is 56.5 Å². The van der Waals surface area contributed by atoms with E-state index in [1.165, 1.54) is 19.0 Å². The molecule has 2 aliphatic rings. The summed E-state index contributed by atoms with van der Waals surface area (Å²) in [6.07, 6.45) is 7.70. The lowest BCUT2D eigenvalue weighted by Crippen LogP contribution is -2.46. The lowest BCUT2D eigenvalue weighted by atomic mass is 9.94. The topological polar surface area (TPSA) is 66.1 Å². The number of rotatable bonds is 3. The molecule has 19 heavy (non-hydrogen) atoms. The summed E-state index contributed by atoms with van der Waals surface area (Å²) in [6.45, 7) is 2.62. The smallest absolute Gasteiger partial charge is 0.260 e. The minimum atomic E-state index is -3.39. The van der Waals surface area contributed by atoms with Gasteiger partial charge in [-0.25, -0.2) is 13.4 Å². The van der Waals surface area contributed by atoms with Gasteiger partial charge in [0.2, 0.25) is 0 Å². The Kier molecular flexibility index (Phi) is 3.39. The van der Waals surface area contributed by atoms with Gasteiger partial charge in [0, 0.05) is 19.0 Å². The van der Waals surface area contributed by atoms with Crippen LogP contribution in [0.2, 0.25) is 0 Å². The third-order valence-corrected chi connectivity index (χ3v) is 6.30. The van der Waals surface area contributed by atoms with Gasteiger partial charge in [-0.05, 0) is 31.6 Å². The number of hydrogen-bond acceptors (Lipinski definition) is 3. The molecule has 2 atom stereocenters. The maximum atomic E-state index is 12.7. The van der Waals surface area contributed by atoms with Gasteiger partial charge in [-0.15, -0.1) is 0 Å². The fraction of sp³-hybridized carbons (Fsp3) is 0.769. The van der Waals surface area contributed by atoms with Crippen LogP contribution in [-0.4, -0.2) is 35.3 Å². The summed E-state index contributed by atoms with van der Waals surface area (Å²) in [5, 5.41) is 0.261. The van der Waals surface area contributed by atoms with E-state index in [1.54, 1.807) is 4.31 Å². The average Bonchev–Trinajstić information content (AvgIpc) is 3.06. The maximum absolute atomic E-state index is 12.7. The van der Waals surface area contributed by atoms with Crippen LogP contribution in [0.15, 0.2) is 11.2 Å². The molecule has 1 aliphatic heterocycles. The molecule has 0 spiro atoms. The van der Waals surface area contributed by atoms with Crippen LogP contribution in [0.1, 0.15) is 44.9 Å². The molecule has 1 aliphatic carbocycles. The van der Waals surface area contributed by atoms with Crippen molar-refractivity contribution in [3.05, 3.63) is 12.0 Å². The Hall–Kier alpha value is -0.880. The summed E-state index contributed by atoms with van der Waals surface area (Å²) >= 11 is 0. The summed E-state index contributed by atoms with van der Waals surface area (Å²) < 4.78 is 27.2. The quantitative estimate of drug-likeness (QED) is 0.921. The monoisotopic (exact) mass is 283 g/mol. The Morgan fingerprint density at radius 1 is 1.37 bits per heavy atom. The number of piperidine rings is 1. The first-order valence-corrected chi connectivity index (χ1v) is 8.62. The second-order valence-corrected chi connectivity index (χ2v) is 7.42. The first-order valence-electron chi connectivity index (χ1n) is 7.18. The third-order valence-electron chi connectivity index (χ3n) is 4.47. The van der Waals surface area contributed by atoms with Gasteiger partial charge < -0.3 is 4.98 Å². The first-order chi connectivity index (χ1) is 9.13. The maximum Gasteiger partial charge on any atom is 0.260 e. The highest BCUT2D eigenvalue weighted by Gasteiger charge is 2.41. The van der Waals surface area contributed by atoms with Crippen LogP contribution in [0.4, 0.5) is 0 Å². The molecule has 0 radical (unpaired) electrons. The summed E-state index contributed by atoms with van der Waals surface area (Å²) in [6, 6.07) is 0.215. The van der Waals surface area contributed by atoms with Crippen molar-refractivity contribution in [3.8, 4) is 0 Å². The van der Waals surface area contributed by atoms with E-state index in [9.17, 15) is 8.42 Å². The highest BCUT2D eigenvalue weighted by molar-refractivity contribution is 7.89. The molecule has 106 valence electrons. The highest BCUT2D eigenvalue weighted by atomic mass is 32.2. The molecule has 6 heteroatoms. The van der Waals surface area contributed by atoms with Gasteiger partial charge in [-0.3, -0.25) is 0 Å². The normalized spacial score (nSPS) is 28.5. The Balaban J connectivity index is 1.90. The zero-order chi connectivity index (χ0) is 13.5. The fourth-order valence-corrected chi connectivity index (χ4v) is 5.18. The molecule has 1 saturated heterocycles. The van der Waals surface area contributed by atoms with Crippen molar-refractivity contribution >= 4 is 10.0 Å². The van der Waals surface area contributed by atoms with Gasteiger partial charge in [-0.1, -0.05) is 13.3 Å². The van der Waals surface area contributed by atoms with E-state index in [2.05, 4.69) is 9.97 Å². The van der Waals surface area contributed by atoms with Crippen LogP contribution >= 0.6 is 0 Å².